The summed E-state index contributed by atoms with van der Waals surface area (Å²) in [7, 11) is -3.83. The number of amides is 1. The number of nitrogens with zero attached hydrogens (tertiary/aromatic N) is 2. The second-order valence-electron chi connectivity index (χ2n) is 9.80. The van der Waals surface area contributed by atoms with Gasteiger partial charge in [0, 0.05) is 48.1 Å². The summed E-state index contributed by atoms with van der Waals surface area (Å²) < 4.78 is 34.3. The fourth-order valence-corrected chi connectivity index (χ4v) is 7.20. The highest BCUT2D eigenvalue weighted by Gasteiger charge is 2.42. The van der Waals surface area contributed by atoms with Crippen LogP contribution in [0.4, 0.5) is 0 Å². The van der Waals surface area contributed by atoms with Crippen molar-refractivity contribution in [3.63, 3.8) is 0 Å². The number of hydrogen-bond acceptors (Lipinski definition) is 4. The number of ether oxygens (including phenoxy) is 1. The van der Waals surface area contributed by atoms with E-state index in [0.717, 1.165) is 37.9 Å². The van der Waals surface area contributed by atoms with E-state index in [1.807, 2.05) is 24.0 Å². The Hall–Kier alpha value is -1.51. The number of sulfonamides is 1. The molecule has 0 atom stereocenters. The highest BCUT2D eigenvalue weighted by molar-refractivity contribution is 7.89. The summed E-state index contributed by atoms with van der Waals surface area (Å²) in [6, 6.07) is 9.92. The number of aryl methyl sites for hydroxylation is 1. The first-order valence-corrected chi connectivity index (χ1v) is 14.8. The van der Waals surface area contributed by atoms with Crippen LogP contribution in [0.1, 0.15) is 44.1 Å². The third-order valence-electron chi connectivity index (χ3n) is 7.20. The third kappa shape index (κ3) is 6.30. The maximum absolute atomic E-state index is 13.4. The summed E-state index contributed by atoms with van der Waals surface area (Å²) in [4.78, 5) is 15.2. The Labute approximate surface area is 228 Å². The molecular weight excluding hydrogens is 543 g/mol. The van der Waals surface area contributed by atoms with Gasteiger partial charge in [-0.25, -0.2) is 8.42 Å². The normalized spacial score (nSPS) is 18.7. The van der Waals surface area contributed by atoms with Crippen LogP contribution in [0.25, 0.3) is 0 Å². The van der Waals surface area contributed by atoms with Crippen LogP contribution >= 0.6 is 34.8 Å². The second-order valence-corrected chi connectivity index (χ2v) is 13.0. The molecule has 0 aliphatic carbocycles. The van der Waals surface area contributed by atoms with E-state index in [1.165, 1.54) is 16.4 Å². The lowest BCUT2D eigenvalue weighted by Crippen LogP contribution is -2.48. The zero-order chi connectivity index (χ0) is 25.9. The van der Waals surface area contributed by atoms with Gasteiger partial charge < -0.3 is 9.64 Å². The standard InChI is InChI=1S/C26H31Cl3N2O4S/c1-19-15-21(6-8-22(19)28)35-18-26(17-25(32)30-11-3-2-4-12-30)9-13-31(14-10-26)36(33,34)24-16-20(27)5-7-23(24)29/h5-8,15-16H,2-4,9-14,17-18H2,1H3. The first-order chi connectivity index (χ1) is 17.1. The van der Waals surface area contributed by atoms with Crippen molar-refractivity contribution < 1.29 is 17.9 Å². The van der Waals surface area contributed by atoms with Crippen LogP contribution in [0.5, 0.6) is 5.75 Å². The Morgan fingerprint density at radius 3 is 2.28 bits per heavy atom. The van der Waals surface area contributed by atoms with Gasteiger partial charge >= 0.3 is 0 Å². The third-order valence-corrected chi connectivity index (χ3v) is 10.2. The molecule has 0 aromatic heterocycles. The van der Waals surface area contributed by atoms with Gasteiger partial charge in [-0.2, -0.15) is 4.31 Å². The van der Waals surface area contributed by atoms with Crippen LogP contribution in [0, 0.1) is 12.3 Å². The first kappa shape index (κ1) is 27.5. The topological polar surface area (TPSA) is 66.9 Å². The summed E-state index contributed by atoms with van der Waals surface area (Å²) in [5, 5.41) is 1.11. The van der Waals surface area contributed by atoms with Crippen molar-refractivity contribution in [1.82, 2.24) is 9.21 Å². The van der Waals surface area contributed by atoms with E-state index >= 15 is 0 Å². The van der Waals surface area contributed by atoms with Gasteiger partial charge in [-0.15, -0.1) is 0 Å². The molecule has 10 heteroatoms. The molecule has 2 aliphatic rings. The summed E-state index contributed by atoms with van der Waals surface area (Å²) in [6.07, 6.45) is 4.50. The van der Waals surface area contributed by atoms with Gasteiger partial charge in [0.15, 0.2) is 0 Å². The number of rotatable bonds is 7. The molecule has 2 heterocycles. The Morgan fingerprint density at radius 1 is 0.944 bits per heavy atom. The lowest BCUT2D eigenvalue weighted by atomic mass is 9.76. The van der Waals surface area contributed by atoms with Crippen LogP contribution in [-0.2, 0) is 14.8 Å². The molecule has 6 nitrogen and oxygen atoms in total. The highest BCUT2D eigenvalue weighted by atomic mass is 35.5. The van der Waals surface area contributed by atoms with E-state index in [4.69, 9.17) is 39.5 Å². The van der Waals surface area contributed by atoms with Crippen molar-refractivity contribution >= 4 is 50.7 Å². The minimum absolute atomic E-state index is 0.00134. The number of halogens is 3. The largest absolute Gasteiger partial charge is 0.493 e. The predicted octanol–water partition coefficient (Wildman–Crippen LogP) is 6.21. The van der Waals surface area contributed by atoms with Crippen LogP contribution < -0.4 is 4.74 Å². The van der Waals surface area contributed by atoms with E-state index in [-0.39, 0.29) is 28.9 Å². The molecule has 2 aromatic rings. The van der Waals surface area contributed by atoms with Gasteiger partial charge in [-0.3, -0.25) is 4.79 Å². The van der Waals surface area contributed by atoms with Crippen molar-refractivity contribution in [2.24, 2.45) is 5.41 Å². The fourth-order valence-electron chi connectivity index (χ4n) is 4.91. The molecule has 0 unspecified atom stereocenters. The molecule has 2 aromatic carbocycles. The number of benzene rings is 2. The quantitative estimate of drug-likeness (QED) is 0.395. The maximum atomic E-state index is 13.4. The summed E-state index contributed by atoms with van der Waals surface area (Å²) >= 11 is 18.4. The molecular formula is C26H31Cl3N2O4S. The monoisotopic (exact) mass is 572 g/mol. The van der Waals surface area contributed by atoms with Crippen molar-refractivity contribution in [2.75, 3.05) is 32.8 Å². The lowest BCUT2D eigenvalue weighted by Gasteiger charge is -2.42. The zero-order valence-electron chi connectivity index (χ0n) is 20.3. The lowest BCUT2D eigenvalue weighted by molar-refractivity contribution is -0.136. The maximum Gasteiger partial charge on any atom is 0.244 e. The Balaban J connectivity index is 1.52. The van der Waals surface area contributed by atoms with Gasteiger partial charge in [-0.1, -0.05) is 34.8 Å². The Morgan fingerprint density at radius 2 is 1.61 bits per heavy atom. The minimum Gasteiger partial charge on any atom is -0.493 e. The van der Waals surface area contributed by atoms with E-state index in [9.17, 15) is 13.2 Å². The predicted molar refractivity (Wildman–Crippen MR) is 144 cm³/mol. The average molecular weight is 574 g/mol. The fraction of sp³-hybridized carbons (Fsp3) is 0.500. The Bertz CT molecular complexity index is 1210. The number of hydrogen-bond donors (Lipinski definition) is 0. The molecule has 0 spiro atoms. The second kappa shape index (κ2) is 11.5. The van der Waals surface area contributed by atoms with Crippen LogP contribution in [0.2, 0.25) is 15.1 Å². The van der Waals surface area contributed by atoms with Crippen molar-refractivity contribution in [3.8, 4) is 5.75 Å². The molecule has 0 N–H and O–H groups in total. The van der Waals surface area contributed by atoms with Gasteiger partial charge in [0.1, 0.15) is 10.6 Å². The van der Waals surface area contributed by atoms with Crippen molar-refractivity contribution in [3.05, 3.63) is 57.0 Å². The molecule has 2 saturated heterocycles. The molecule has 2 fully saturated rings. The number of carbonyl (C=O) groups excluding carboxylic acids is 1. The summed E-state index contributed by atoms with van der Waals surface area (Å²) in [6.45, 7) is 4.32. The van der Waals surface area contributed by atoms with Crippen LogP contribution in [-0.4, -0.2) is 56.3 Å². The minimum atomic E-state index is -3.83. The van der Waals surface area contributed by atoms with Gasteiger partial charge in [-0.05, 0) is 81.0 Å². The van der Waals surface area contributed by atoms with E-state index < -0.39 is 15.4 Å². The first-order valence-electron chi connectivity index (χ1n) is 12.2. The smallest absolute Gasteiger partial charge is 0.244 e. The highest BCUT2D eigenvalue weighted by Crippen LogP contribution is 2.39. The van der Waals surface area contributed by atoms with Crippen LogP contribution in [0.3, 0.4) is 0 Å². The number of piperidine rings is 2. The SMILES string of the molecule is Cc1cc(OCC2(CC(=O)N3CCCCC3)CCN(S(=O)(=O)c3cc(Cl)ccc3Cl)CC2)ccc1Cl. The summed E-state index contributed by atoms with van der Waals surface area (Å²) in [5.74, 6) is 0.794. The van der Waals surface area contributed by atoms with Crippen molar-refractivity contribution in [2.45, 2.75) is 50.3 Å². The van der Waals surface area contributed by atoms with E-state index in [2.05, 4.69) is 0 Å². The van der Waals surface area contributed by atoms with Crippen molar-refractivity contribution in [1.29, 1.82) is 0 Å². The molecule has 0 radical (unpaired) electrons. The molecule has 196 valence electrons. The Kier molecular flexibility index (Phi) is 8.78. The van der Waals surface area contributed by atoms with E-state index in [0.29, 0.717) is 41.7 Å². The summed E-state index contributed by atoms with van der Waals surface area (Å²) in [5.41, 5.74) is 0.429. The van der Waals surface area contributed by atoms with E-state index in [1.54, 1.807) is 12.1 Å². The zero-order valence-corrected chi connectivity index (χ0v) is 23.4. The average Bonchev–Trinajstić information content (AvgIpc) is 2.87. The van der Waals surface area contributed by atoms with Gasteiger partial charge in [0.25, 0.3) is 0 Å². The van der Waals surface area contributed by atoms with Gasteiger partial charge in [0.05, 0.1) is 11.6 Å². The number of carbonyl (C=O) groups is 1. The molecule has 4 rings (SSSR count). The molecule has 0 saturated carbocycles. The molecule has 2 aliphatic heterocycles. The molecule has 0 bridgehead atoms. The molecule has 36 heavy (non-hydrogen) atoms. The number of likely N-dealkylation sites (tertiary alicyclic amines) is 1. The van der Waals surface area contributed by atoms with Crippen LogP contribution in [0.15, 0.2) is 41.3 Å². The van der Waals surface area contributed by atoms with Gasteiger partial charge in [0.2, 0.25) is 15.9 Å². The molecule has 1 amide bonds.